The molecule has 1 aliphatic heterocycles. The van der Waals surface area contributed by atoms with Crippen molar-refractivity contribution in [1.29, 1.82) is 0 Å². The number of carbonyl (C=O) groups is 2. The van der Waals surface area contributed by atoms with Crippen molar-refractivity contribution in [3.8, 4) is 0 Å². The number of nitrogens with zero attached hydrogens (tertiary/aromatic N) is 2. The normalized spacial score (nSPS) is 13.6. The van der Waals surface area contributed by atoms with Crippen LogP contribution in [-0.4, -0.2) is 32.2 Å². The maximum Gasteiger partial charge on any atom is 0.418 e. The number of carboxylic acids is 1. The first kappa shape index (κ1) is 19.3. The summed E-state index contributed by atoms with van der Waals surface area (Å²) in [4.78, 5) is 25.0. The molecular formula is C19H18Cl2N2O4. The average Bonchev–Trinajstić information content (AvgIpc) is 2.67. The molecule has 1 amide bonds. The molecule has 2 aromatic rings. The maximum absolute atomic E-state index is 12.3. The molecule has 6 nitrogen and oxygen atoms in total. The van der Waals surface area contributed by atoms with Crippen molar-refractivity contribution in [3.05, 3.63) is 45.8 Å². The standard InChI is InChI=1S/C19H18Cl2N2O4/c1-19(2,3)27-18(26)22-6-4-12-13-8-11(20)9-14(21)17(13)23(10-16(24)25)15(12)5-7-22/h4-9H,10H2,1-3H3,(H,24,25). The van der Waals surface area contributed by atoms with Crippen LogP contribution in [0.2, 0.25) is 10.0 Å². The molecule has 27 heavy (non-hydrogen) atoms. The largest absolute Gasteiger partial charge is 0.480 e. The van der Waals surface area contributed by atoms with Crippen LogP contribution in [0.1, 0.15) is 32.0 Å². The van der Waals surface area contributed by atoms with E-state index in [4.69, 9.17) is 27.9 Å². The number of rotatable bonds is 2. The van der Waals surface area contributed by atoms with Crippen LogP contribution in [0.3, 0.4) is 0 Å². The second-order valence-electron chi connectivity index (χ2n) is 7.08. The van der Waals surface area contributed by atoms with E-state index in [2.05, 4.69) is 0 Å². The van der Waals surface area contributed by atoms with Crippen molar-refractivity contribution in [1.82, 2.24) is 9.47 Å². The molecule has 0 spiro atoms. The van der Waals surface area contributed by atoms with Gasteiger partial charge in [0.15, 0.2) is 0 Å². The number of fused-ring (bicyclic) bond motifs is 3. The highest BCUT2D eigenvalue weighted by atomic mass is 35.5. The van der Waals surface area contributed by atoms with Crippen molar-refractivity contribution < 1.29 is 19.4 Å². The summed E-state index contributed by atoms with van der Waals surface area (Å²) in [5, 5.41) is 10.8. The van der Waals surface area contributed by atoms with Crippen molar-refractivity contribution in [2.45, 2.75) is 32.9 Å². The Hall–Kier alpha value is -2.44. The number of hydrogen-bond acceptors (Lipinski definition) is 3. The lowest BCUT2D eigenvalue weighted by Gasteiger charge is -2.22. The van der Waals surface area contributed by atoms with Gasteiger partial charge in [0.25, 0.3) is 0 Å². The quantitative estimate of drug-likeness (QED) is 0.738. The average molecular weight is 409 g/mol. The highest BCUT2D eigenvalue weighted by Gasteiger charge is 2.23. The van der Waals surface area contributed by atoms with E-state index >= 15 is 0 Å². The summed E-state index contributed by atoms with van der Waals surface area (Å²) in [6.07, 6.45) is 5.93. The van der Waals surface area contributed by atoms with Gasteiger partial charge in [0, 0.05) is 28.4 Å². The number of halogens is 2. The molecule has 3 rings (SSSR count). The number of carboxylic acid groups (broad SMARTS) is 1. The van der Waals surface area contributed by atoms with Crippen LogP contribution < -0.4 is 0 Å². The Kier molecular flexibility index (Phi) is 4.97. The molecule has 2 heterocycles. The molecule has 0 aliphatic carbocycles. The minimum Gasteiger partial charge on any atom is -0.480 e. The summed E-state index contributed by atoms with van der Waals surface area (Å²) in [6.45, 7) is 5.06. The molecule has 1 N–H and O–H groups in total. The molecule has 1 aliphatic rings. The number of aliphatic carboxylic acids is 1. The summed E-state index contributed by atoms with van der Waals surface area (Å²) < 4.78 is 6.96. The SMILES string of the molecule is CC(C)(C)OC(=O)N1C=Cc2c(n(CC(=O)O)c3c(Cl)cc(Cl)cc23)C=C1. The summed E-state index contributed by atoms with van der Waals surface area (Å²) in [5.41, 5.74) is 1.27. The zero-order valence-electron chi connectivity index (χ0n) is 15.0. The van der Waals surface area contributed by atoms with E-state index in [0.29, 0.717) is 26.6 Å². The van der Waals surface area contributed by atoms with Gasteiger partial charge in [0.2, 0.25) is 0 Å². The van der Waals surface area contributed by atoms with Gasteiger partial charge in [-0.1, -0.05) is 23.2 Å². The van der Waals surface area contributed by atoms with Crippen LogP contribution in [0.4, 0.5) is 4.79 Å². The number of aromatic nitrogens is 1. The first-order chi connectivity index (χ1) is 12.6. The molecule has 1 aromatic heterocycles. The number of ether oxygens (including phenoxy) is 1. The Labute approximate surface area is 166 Å². The molecule has 0 saturated carbocycles. The van der Waals surface area contributed by atoms with Crippen molar-refractivity contribution in [2.75, 3.05) is 0 Å². The highest BCUT2D eigenvalue weighted by Crippen LogP contribution is 2.36. The predicted octanol–water partition coefficient (Wildman–Crippen LogP) is 5.22. The third-order valence-electron chi connectivity index (χ3n) is 3.85. The Morgan fingerprint density at radius 3 is 2.44 bits per heavy atom. The summed E-state index contributed by atoms with van der Waals surface area (Å²) in [6, 6.07) is 3.30. The molecule has 0 fully saturated rings. The minimum atomic E-state index is -1.01. The lowest BCUT2D eigenvalue weighted by atomic mass is 10.1. The molecule has 1 aromatic carbocycles. The fourth-order valence-electron chi connectivity index (χ4n) is 2.90. The first-order valence-electron chi connectivity index (χ1n) is 8.17. The molecule has 0 atom stereocenters. The third kappa shape index (κ3) is 3.96. The fraction of sp³-hybridized carbons (Fsp3) is 0.263. The van der Waals surface area contributed by atoms with E-state index in [1.165, 1.54) is 11.1 Å². The number of benzene rings is 1. The van der Waals surface area contributed by atoms with Crippen LogP contribution >= 0.6 is 23.2 Å². The van der Waals surface area contributed by atoms with Crippen molar-refractivity contribution >= 4 is 58.3 Å². The zero-order valence-corrected chi connectivity index (χ0v) is 16.5. The summed E-state index contributed by atoms with van der Waals surface area (Å²) in [7, 11) is 0. The van der Waals surface area contributed by atoms with Gasteiger partial charge < -0.3 is 14.4 Å². The molecule has 0 radical (unpaired) electrons. The van der Waals surface area contributed by atoms with Gasteiger partial charge in [-0.2, -0.15) is 0 Å². The minimum absolute atomic E-state index is 0.280. The Bertz CT molecular complexity index is 1000. The van der Waals surface area contributed by atoms with Gasteiger partial charge in [0.05, 0.1) is 16.2 Å². The van der Waals surface area contributed by atoms with Gasteiger partial charge in [-0.3, -0.25) is 9.69 Å². The van der Waals surface area contributed by atoms with E-state index in [-0.39, 0.29) is 6.54 Å². The van der Waals surface area contributed by atoms with Gasteiger partial charge in [-0.05, 0) is 45.1 Å². The smallest absolute Gasteiger partial charge is 0.418 e. The van der Waals surface area contributed by atoms with E-state index in [0.717, 1.165) is 5.56 Å². The topological polar surface area (TPSA) is 71.8 Å². The maximum atomic E-state index is 12.3. The van der Waals surface area contributed by atoms with Gasteiger partial charge >= 0.3 is 12.1 Å². The third-order valence-corrected chi connectivity index (χ3v) is 4.35. The van der Waals surface area contributed by atoms with E-state index in [1.807, 2.05) is 0 Å². The van der Waals surface area contributed by atoms with Crippen LogP contribution in [0.15, 0.2) is 24.5 Å². The molecule has 0 saturated heterocycles. The molecule has 8 heteroatoms. The predicted molar refractivity (Wildman–Crippen MR) is 106 cm³/mol. The van der Waals surface area contributed by atoms with Gasteiger partial charge in [-0.25, -0.2) is 4.79 Å². The zero-order chi connectivity index (χ0) is 19.9. The Morgan fingerprint density at radius 2 is 1.81 bits per heavy atom. The molecular weight excluding hydrogens is 391 g/mol. The fourth-order valence-corrected chi connectivity index (χ4v) is 3.49. The second-order valence-corrected chi connectivity index (χ2v) is 7.93. The summed E-state index contributed by atoms with van der Waals surface area (Å²) >= 11 is 12.5. The number of hydrogen-bond donors (Lipinski definition) is 1. The lowest BCUT2D eigenvalue weighted by Crippen LogP contribution is -2.30. The Balaban J connectivity index is 2.13. The summed E-state index contributed by atoms with van der Waals surface area (Å²) in [5.74, 6) is -1.01. The van der Waals surface area contributed by atoms with Gasteiger partial charge in [0.1, 0.15) is 12.1 Å². The van der Waals surface area contributed by atoms with Crippen LogP contribution in [0, 0.1) is 0 Å². The molecule has 142 valence electrons. The Morgan fingerprint density at radius 1 is 1.15 bits per heavy atom. The number of amides is 1. The van der Waals surface area contributed by atoms with Crippen LogP contribution in [0.5, 0.6) is 0 Å². The molecule has 0 bridgehead atoms. The van der Waals surface area contributed by atoms with E-state index in [9.17, 15) is 14.7 Å². The lowest BCUT2D eigenvalue weighted by molar-refractivity contribution is -0.137. The van der Waals surface area contributed by atoms with Crippen molar-refractivity contribution in [2.24, 2.45) is 0 Å². The van der Waals surface area contributed by atoms with Crippen LogP contribution in [-0.2, 0) is 16.1 Å². The van der Waals surface area contributed by atoms with Crippen LogP contribution in [0.25, 0.3) is 23.1 Å². The monoisotopic (exact) mass is 408 g/mol. The van der Waals surface area contributed by atoms with E-state index < -0.39 is 17.7 Å². The van der Waals surface area contributed by atoms with Gasteiger partial charge in [-0.15, -0.1) is 0 Å². The van der Waals surface area contributed by atoms with E-state index in [1.54, 1.807) is 55.8 Å². The molecule has 0 unspecified atom stereocenters. The second kappa shape index (κ2) is 6.94. The first-order valence-corrected chi connectivity index (χ1v) is 8.93. The number of carbonyl (C=O) groups excluding carboxylic acids is 1. The van der Waals surface area contributed by atoms with Crippen molar-refractivity contribution in [3.63, 3.8) is 0 Å². The highest BCUT2D eigenvalue weighted by molar-refractivity contribution is 6.38.